The molecule has 0 radical (unpaired) electrons. The number of nitrogens with zero attached hydrogens (tertiary/aromatic N) is 1. The molecule has 0 unspecified atom stereocenters. The van der Waals surface area contributed by atoms with Crippen LogP contribution in [0.3, 0.4) is 0 Å². The highest BCUT2D eigenvalue weighted by atomic mass is 79.9. The molecule has 1 aliphatic rings. The van der Waals surface area contributed by atoms with E-state index in [9.17, 15) is 0 Å². The second-order valence-electron chi connectivity index (χ2n) is 5.33. The maximum atomic E-state index is 5.61. The van der Waals surface area contributed by atoms with E-state index in [1.54, 1.807) is 0 Å². The van der Waals surface area contributed by atoms with E-state index in [0.29, 0.717) is 6.54 Å². The Bertz CT molecular complexity index is 587. The first-order valence-corrected chi connectivity index (χ1v) is 8.79. The summed E-state index contributed by atoms with van der Waals surface area (Å²) >= 11 is 6.81. The number of halogens is 2. The molecular weight excluding hydrogens is 396 g/mol. The minimum atomic E-state index is 0.682. The molecule has 21 heavy (non-hydrogen) atoms. The first kappa shape index (κ1) is 15.1. The lowest BCUT2D eigenvalue weighted by molar-refractivity contribution is 0.332. The summed E-state index contributed by atoms with van der Waals surface area (Å²) in [5.41, 5.74) is 2.54. The van der Waals surface area contributed by atoms with E-state index in [2.05, 4.69) is 66.3 Å². The summed E-state index contributed by atoms with van der Waals surface area (Å²) in [5, 5.41) is 3.48. The number of hydrogen-bond acceptors (Lipinski definition) is 3. The van der Waals surface area contributed by atoms with Crippen molar-refractivity contribution in [1.82, 2.24) is 4.90 Å². The average Bonchev–Trinajstić information content (AvgIpc) is 3.09. The van der Waals surface area contributed by atoms with Crippen LogP contribution >= 0.6 is 31.9 Å². The Labute approximate surface area is 142 Å². The van der Waals surface area contributed by atoms with Gasteiger partial charge in [-0.1, -0.05) is 18.2 Å². The molecule has 2 heterocycles. The number of anilines is 1. The standard InChI is InChI=1S/C16H18Br2N2O/c17-14-9-13(21-16(14)18)10-19-15-6-2-1-5-12(15)11-20-7-3-4-8-20/h1-2,5-6,9,19H,3-4,7-8,10-11H2. The number of rotatable bonds is 5. The van der Waals surface area contributed by atoms with Gasteiger partial charge in [-0.2, -0.15) is 0 Å². The van der Waals surface area contributed by atoms with Crippen LogP contribution in [-0.2, 0) is 13.1 Å². The summed E-state index contributed by atoms with van der Waals surface area (Å²) < 4.78 is 7.30. The molecular formula is C16H18Br2N2O. The lowest BCUT2D eigenvalue weighted by Gasteiger charge is -2.18. The number of nitrogens with one attached hydrogen (secondary N) is 1. The van der Waals surface area contributed by atoms with E-state index in [1.807, 2.05) is 6.07 Å². The first-order valence-electron chi connectivity index (χ1n) is 7.20. The summed E-state index contributed by atoms with van der Waals surface area (Å²) in [4.78, 5) is 2.51. The molecule has 1 aromatic heterocycles. The second kappa shape index (κ2) is 6.99. The van der Waals surface area contributed by atoms with Crippen LogP contribution in [-0.4, -0.2) is 18.0 Å². The van der Waals surface area contributed by atoms with E-state index in [0.717, 1.165) is 21.4 Å². The van der Waals surface area contributed by atoms with Gasteiger partial charge in [0.15, 0.2) is 4.67 Å². The molecule has 5 heteroatoms. The van der Waals surface area contributed by atoms with Gasteiger partial charge in [0.25, 0.3) is 0 Å². The molecule has 1 aliphatic heterocycles. The number of benzene rings is 1. The first-order chi connectivity index (χ1) is 10.2. The molecule has 112 valence electrons. The SMILES string of the molecule is Brc1cc(CNc2ccccc2CN2CCCC2)oc1Br. The van der Waals surface area contributed by atoms with Crippen molar-refractivity contribution in [2.75, 3.05) is 18.4 Å². The van der Waals surface area contributed by atoms with E-state index in [-0.39, 0.29) is 0 Å². The highest BCUT2D eigenvalue weighted by Crippen LogP contribution is 2.27. The molecule has 0 atom stereocenters. The molecule has 3 rings (SSSR count). The summed E-state index contributed by atoms with van der Waals surface area (Å²) in [5.74, 6) is 0.907. The van der Waals surface area contributed by atoms with Gasteiger partial charge in [-0.05, 0) is 75.5 Å². The smallest absolute Gasteiger partial charge is 0.183 e. The zero-order valence-corrected chi connectivity index (χ0v) is 14.9. The fourth-order valence-electron chi connectivity index (χ4n) is 2.67. The van der Waals surface area contributed by atoms with Crippen molar-refractivity contribution in [3.05, 3.63) is 50.8 Å². The lowest BCUT2D eigenvalue weighted by atomic mass is 10.1. The second-order valence-corrected chi connectivity index (χ2v) is 6.90. The van der Waals surface area contributed by atoms with E-state index in [1.165, 1.54) is 37.2 Å². The van der Waals surface area contributed by atoms with Gasteiger partial charge in [0.2, 0.25) is 0 Å². The quantitative estimate of drug-likeness (QED) is 0.746. The van der Waals surface area contributed by atoms with Crippen LogP contribution in [0.2, 0.25) is 0 Å². The van der Waals surface area contributed by atoms with Crippen LogP contribution in [0, 0.1) is 0 Å². The number of furan rings is 1. The topological polar surface area (TPSA) is 28.4 Å². The number of hydrogen-bond donors (Lipinski definition) is 1. The zero-order valence-electron chi connectivity index (χ0n) is 11.7. The summed E-state index contributed by atoms with van der Waals surface area (Å²) in [6, 6.07) is 10.5. The maximum absolute atomic E-state index is 5.61. The molecule has 3 nitrogen and oxygen atoms in total. The molecule has 1 N–H and O–H groups in total. The van der Waals surface area contributed by atoms with Crippen LogP contribution in [0.1, 0.15) is 24.2 Å². The Balaban J connectivity index is 1.66. The van der Waals surface area contributed by atoms with Gasteiger partial charge in [-0.3, -0.25) is 4.90 Å². The van der Waals surface area contributed by atoms with Crippen LogP contribution in [0.5, 0.6) is 0 Å². The monoisotopic (exact) mass is 412 g/mol. The van der Waals surface area contributed by atoms with E-state index in [4.69, 9.17) is 4.42 Å². The van der Waals surface area contributed by atoms with E-state index >= 15 is 0 Å². The minimum absolute atomic E-state index is 0.682. The van der Waals surface area contributed by atoms with Crippen LogP contribution in [0.15, 0.2) is 43.9 Å². The molecule has 0 aliphatic carbocycles. The largest absolute Gasteiger partial charge is 0.451 e. The Morgan fingerprint density at radius 2 is 1.90 bits per heavy atom. The van der Waals surface area contributed by atoms with Gasteiger partial charge in [-0.25, -0.2) is 0 Å². The van der Waals surface area contributed by atoms with Gasteiger partial charge in [0, 0.05) is 12.2 Å². The van der Waals surface area contributed by atoms with Crippen molar-refractivity contribution in [2.45, 2.75) is 25.9 Å². The van der Waals surface area contributed by atoms with Gasteiger partial charge in [0.1, 0.15) is 5.76 Å². The van der Waals surface area contributed by atoms with Crippen molar-refractivity contribution in [2.24, 2.45) is 0 Å². The molecule has 0 saturated carbocycles. The molecule has 0 bridgehead atoms. The third-order valence-electron chi connectivity index (χ3n) is 3.76. The minimum Gasteiger partial charge on any atom is -0.451 e. The van der Waals surface area contributed by atoms with Crippen LogP contribution in [0.25, 0.3) is 0 Å². The predicted octanol–water partition coefficient (Wildman–Crippen LogP) is 5.01. The molecule has 1 saturated heterocycles. The maximum Gasteiger partial charge on any atom is 0.183 e. The molecule has 2 aromatic rings. The molecule has 0 spiro atoms. The van der Waals surface area contributed by atoms with Gasteiger partial charge in [0.05, 0.1) is 11.0 Å². The molecule has 0 amide bonds. The average molecular weight is 414 g/mol. The fourth-order valence-corrected chi connectivity index (χ4v) is 3.33. The van der Waals surface area contributed by atoms with Gasteiger partial charge in [-0.15, -0.1) is 0 Å². The summed E-state index contributed by atoms with van der Waals surface area (Å²) in [6.45, 7) is 4.13. The van der Waals surface area contributed by atoms with Crippen molar-refractivity contribution in [3.8, 4) is 0 Å². The predicted molar refractivity (Wildman–Crippen MR) is 92.4 cm³/mol. The number of likely N-dealkylation sites (tertiary alicyclic amines) is 1. The molecule has 1 aromatic carbocycles. The lowest BCUT2D eigenvalue weighted by Crippen LogP contribution is -2.19. The Hall–Kier alpha value is -0.780. The third kappa shape index (κ3) is 3.90. The van der Waals surface area contributed by atoms with Crippen molar-refractivity contribution in [1.29, 1.82) is 0 Å². The summed E-state index contributed by atoms with van der Waals surface area (Å²) in [7, 11) is 0. The van der Waals surface area contributed by atoms with Gasteiger partial charge < -0.3 is 9.73 Å². The van der Waals surface area contributed by atoms with Gasteiger partial charge >= 0.3 is 0 Å². The van der Waals surface area contributed by atoms with Crippen molar-refractivity contribution >= 4 is 37.5 Å². The van der Waals surface area contributed by atoms with Crippen LogP contribution in [0.4, 0.5) is 5.69 Å². The Morgan fingerprint density at radius 3 is 2.62 bits per heavy atom. The third-order valence-corrected chi connectivity index (χ3v) is 5.47. The molecule has 1 fully saturated rings. The Kier molecular flexibility index (Phi) is 5.03. The van der Waals surface area contributed by atoms with Crippen molar-refractivity contribution < 1.29 is 4.42 Å². The highest BCUT2D eigenvalue weighted by molar-refractivity contribution is 9.13. The fraction of sp³-hybridized carbons (Fsp3) is 0.375. The van der Waals surface area contributed by atoms with Crippen LogP contribution < -0.4 is 5.32 Å². The van der Waals surface area contributed by atoms with Crippen molar-refractivity contribution in [3.63, 3.8) is 0 Å². The Morgan fingerprint density at radius 1 is 1.14 bits per heavy atom. The number of para-hydroxylation sites is 1. The normalized spacial score (nSPS) is 15.5. The summed E-state index contributed by atoms with van der Waals surface area (Å²) in [6.07, 6.45) is 2.65. The van der Waals surface area contributed by atoms with E-state index < -0.39 is 0 Å². The zero-order chi connectivity index (χ0) is 14.7. The highest BCUT2D eigenvalue weighted by Gasteiger charge is 2.13.